The van der Waals surface area contributed by atoms with E-state index < -0.39 is 20.1 Å². The van der Waals surface area contributed by atoms with Crippen LogP contribution in [0.4, 0.5) is 5.69 Å². The molecule has 3 N–H and O–H groups in total. The summed E-state index contributed by atoms with van der Waals surface area (Å²) in [6.07, 6.45) is 0. The van der Waals surface area contributed by atoms with E-state index in [-0.39, 0.29) is 45.3 Å². The monoisotopic (exact) mass is 297 g/mol. The molecule has 0 saturated heterocycles. The number of benzene rings is 1. The summed E-state index contributed by atoms with van der Waals surface area (Å²) in [5.74, 6) is -0.716. The van der Waals surface area contributed by atoms with Crippen LogP contribution in [-0.2, 0) is 8.53 Å². The van der Waals surface area contributed by atoms with Gasteiger partial charge in [-0.2, -0.15) is 0 Å². The minimum atomic E-state index is -5.23. The molecule has 1 aromatic carbocycles. The number of hydrogen-bond acceptors (Lipinski definition) is 4. The van der Waals surface area contributed by atoms with Gasteiger partial charge in [0, 0.05) is 0 Å². The second-order valence-electron chi connectivity index (χ2n) is 2.90. The van der Waals surface area contributed by atoms with E-state index in [1.54, 1.807) is 0 Å². The molecule has 82 valence electrons. The van der Waals surface area contributed by atoms with E-state index in [4.69, 9.17) is 4.10 Å². The number of phenolic OH excluding ortho intramolecular Hbond substituents is 1. The molecule has 0 saturated carbocycles. The van der Waals surface area contributed by atoms with Crippen LogP contribution in [0.5, 0.6) is 5.75 Å². The Bertz CT molecular complexity index is 444. The van der Waals surface area contributed by atoms with E-state index in [0.717, 1.165) is 18.2 Å². The predicted octanol–water partition coefficient (Wildman–Crippen LogP) is -4.72. The fourth-order valence-corrected chi connectivity index (χ4v) is 2.15. The maximum absolute atomic E-state index is 10.8. The number of carbonyl (C=O) groups is 1. The second-order valence-corrected chi connectivity index (χ2v) is 6.17. The van der Waals surface area contributed by atoms with Gasteiger partial charge in [0.2, 0.25) is 0 Å². The van der Waals surface area contributed by atoms with Crippen LogP contribution in [0.1, 0.15) is 6.92 Å². The first-order valence-electron chi connectivity index (χ1n) is 3.95. The first-order chi connectivity index (χ1) is 6.80. The zero-order valence-electron chi connectivity index (χ0n) is 8.80. The van der Waals surface area contributed by atoms with Gasteiger partial charge in [0.05, 0.1) is 0 Å². The Kier molecular flexibility index (Phi) is 5.82. The van der Waals surface area contributed by atoms with Gasteiger partial charge >= 0.3 is 118 Å². The van der Waals surface area contributed by atoms with Gasteiger partial charge in [-0.3, -0.25) is 0 Å². The van der Waals surface area contributed by atoms with Gasteiger partial charge in [0.15, 0.2) is 0 Å². The molecule has 1 unspecified atom stereocenters. The number of carbonyl (C=O) groups excluding carboxylic acids is 1. The maximum Gasteiger partial charge on any atom is 1.00 e. The molecule has 1 aromatic rings. The molecule has 0 fully saturated rings. The average molecular weight is 297 g/mol. The van der Waals surface area contributed by atoms with Gasteiger partial charge in [-0.1, -0.05) is 0 Å². The minimum Gasteiger partial charge on any atom is 1.00 e. The Hall–Kier alpha value is -0.232. The standard InChI is InChI=1S/C8H10AsNO5.Na/c1-5(11)10-7-4-6(9(13,14)15)2-3-8(7)12;/h2-4,12H,1H3,(H,10,11)(H2,13,14,15);/q;+1/p-1. The Morgan fingerprint density at radius 3 is 2.50 bits per heavy atom. The maximum atomic E-state index is 10.8. The summed E-state index contributed by atoms with van der Waals surface area (Å²) < 4.78 is 30.2. The minimum absolute atomic E-state index is 0. The van der Waals surface area contributed by atoms with Crippen LogP contribution in [0.2, 0.25) is 0 Å². The number of hydrogen-bond donors (Lipinski definition) is 3. The summed E-state index contributed by atoms with van der Waals surface area (Å²) in [4.78, 5) is 10.7. The molecule has 6 nitrogen and oxygen atoms in total. The van der Waals surface area contributed by atoms with Crippen molar-refractivity contribution < 1.29 is 51.4 Å². The van der Waals surface area contributed by atoms with Crippen LogP contribution < -0.4 is 43.3 Å². The number of amides is 1. The summed E-state index contributed by atoms with van der Waals surface area (Å²) in [6, 6.07) is 3.15. The third-order valence-electron chi connectivity index (χ3n) is 1.62. The molecule has 0 heterocycles. The summed E-state index contributed by atoms with van der Waals surface area (Å²) in [7, 11) is 0. The second kappa shape index (κ2) is 5.91. The summed E-state index contributed by atoms with van der Waals surface area (Å²) in [6.45, 7) is 1.22. The van der Waals surface area contributed by atoms with Crippen molar-refractivity contribution in [3.63, 3.8) is 0 Å². The van der Waals surface area contributed by atoms with E-state index in [1.807, 2.05) is 0 Å². The third kappa shape index (κ3) is 4.33. The van der Waals surface area contributed by atoms with Crippen LogP contribution in [0, 0.1) is 0 Å². The molecule has 1 amide bonds. The summed E-state index contributed by atoms with van der Waals surface area (Å²) in [5, 5.41) is 11.5. The summed E-state index contributed by atoms with van der Waals surface area (Å²) >= 11 is -5.23. The van der Waals surface area contributed by atoms with Crippen molar-refractivity contribution in [2.75, 3.05) is 5.32 Å². The molecule has 0 aromatic heterocycles. The first-order valence-corrected chi connectivity index (χ1v) is 7.26. The molecule has 16 heavy (non-hydrogen) atoms. The number of anilines is 1. The largest absolute Gasteiger partial charge is 1.00 e. The van der Waals surface area contributed by atoms with E-state index in [2.05, 4.69) is 5.32 Å². The number of phenols is 1. The first kappa shape index (κ1) is 15.8. The SMILES string of the molecule is CC(=O)Nc1cc([As](=O)([O-])O)ccc1O.[Na+]. The van der Waals surface area contributed by atoms with E-state index in [1.165, 1.54) is 6.92 Å². The van der Waals surface area contributed by atoms with E-state index >= 15 is 0 Å². The molecule has 0 spiro atoms. The van der Waals surface area contributed by atoms with Gasteiger partial charge in [0.1, 0.15) is 0 Å². The molecule has 8 heteroatoms. The Morgan fingerprint density at radius 1 is 1.50 bits per heavy atom. The van der Waals surface area contributed by atoms with Crippen molar-refractivity contribution in [2.24, 2.45) is 0 Å². The smallest absolute Gasteiger partial charge is 1.00 e. The quantitative estimate of drug-likeness (QED) is 0.375. The van der Waals surface area contributed by atoms with Crippen molar-refractivity contribution in [3.8, 4) is 5.75 Å². The van der Waals surface area contributed by atoms with Gasteiger partial charge in [-0.05, 0) is 0 Å². The molecular formula is C8H9AsNNaO5. The Labute approximate surface area is 117 Å². The topological polar surface area (TPSA) is 110 Å². The molecule has 0 bridgehead atoms. The Morgan fingerprint density at radius 2 is 2.06 bits per heavy atom. The van der Waals surface area contributed by atoms with Crippen molar-refractivity contribution in [1.29, 1.82) is 0 Å². The van der Waals surface area contributed by atoms with Crippen molar-refractivity contribution in [3.05, 3.63) is 18.2 Å². The van der Waals surface area contributed by atoms with Crippen LogP contribution in [0.3, 0.4) is 0 Å². The van der Waals surface area contributed by atoms with Crippen LogP contribution in [0.25, 0.3) is 0 Å². The Balaban J connectivity index is 0.00000225. The summed E-state index contributed by atoms with van der Waals surface area (Å²) in [5.41, 5.74) is -0.0495. The third-order valence-corrected chi connectivity index (χ3v) is 3.57. The fraction of sp³-hybridized carbons (Fsp3) is 0.125. The zero-order valence-corrected chi connectivity index (χ0v) is 12.7. The molecule has 0 aliphatic carbocycles. The van der Waals surface area contributed by atoms with Crippen molar-refractivity contribution >= 4 is 30.1 Å². The van der Waals surface area contributed by atoms with Crippen molar-refractivity contribution in [2.45, 2.75) is 6.92 Å². The molecule has 0 aliphatic rings. The van der Waals surface area contributed by atoms with Crippen LogP contribution >= 0.6 is 0 Å². The zero-order chi connectivity index (χ0) is 11.6. The van der Waals surface area contributed by atoms with Crippen LogP contribution in [-0.4, -0.2) is 29.3 Å². The van der Waals surface area contributed by atoms with Crippen LogP contribution in [0.15, 0.2) is 18.2 Å². The van der Waals surface area contributed by atoms with Gasteiger partial charge in [-0.15, -0.1) is 0 Å². The predicted molar refractivity (Wildman–Crippen MR) is 50.7 cm³/mol. The molecule has 0 radical (unpaired) electrons. The normalized spacial score (nSPS) is 13.4. The molecule has 0 aliphatic heterocycles. The molecule has 1 atom stereocenters. The average Bonchev–Trinajstić information content (AvgIpc) is 2.06. The van der Waals surface area contributed by atoms with E-state index in [9.17, 15) is 17.7 Å². The molecular weight excluding hydrogens is 288 g/mol. The molecule has 1 rings (SSSR count). The number of nitrogens with one attached hydrogen (secondary N) is 1. The van der Waals surface area contributed by atoms with E-state index in [0.29, 0.717) is 0 Å². The number of rotatable bonds is 2. The van der Waals surface area contributed by atoms with Crippen molar-refractivity contribution in [1.82, 2.24) is 0 Å². The van der Waals surface area contributed by atoms with Gasteiger partial charge in [0.25, 0.3) is 0 Å². The van der Waals surface area contributed by atoms with Gasteiger partial charge < -0.3 is 0 Å². The van der Waals surface area contributed by atoms with Gasteiger partial charge in [-0.25, -0.2) is 0 Å². The fourth-order valence-electron chi connectivity index (χ4n) is 0.990. The number of aromatic hydroxyl groups is 1.